The maximum Gasteiger partial charge on any atom is 0.130 e. The van der Waals surface area contributed by atoms with E-state index in [0.29, 0.717) is 22.9 Å². The van der Waals surface area contributed by atoms with E-state index in [-0.39, 0.29) is 4.99 Å². The number of hydrogen-bond acceptors (Lipinski definition) is 2. The third-order valence-electron chi connectivity index (χ3n) is 1.52. The predicted octanol–water partition coefficient (Wildman–Crippen LogP) is 2.37. The molecular formula is C9H10ClNOS. The fraction of sp³-hybridized carbons (Fsp3) is 0.222. The molecule has 0 aliphatic carbocycles. The minimum Gasteiger partial charge on any atom is -0.493 e. The van der Waals surface area contributed by atoms with Gasteiger partial charge in [-0.15, -0.1) is 0 Å². The van der Waals surface area contributed by atoms with Crippen LogP contribution >= 0.6 is 23.8 Å². The zero-order valence-electron chi connectivity index (χ0n) is 7.21. The van der Waals surface area contributed by atoms with Gasteiger partial charge >= 0.3 is 0 Å². The first kappa shape index (κ1) is 10.3. The Morgan fingerprint density at radius 3 is 2.85 bits per heavy atom. The molecule has 1 rings (SSSR count). The molecule has 0 atom stereocenters. The molecule has 1 aromatic carbocycles. The fourth-order valence-corrected chi connectivity index (χ4v) is 1.55. The third kappa shape index (κ3) is 2.32. The summed E-state index contributed by atoms with van der Waals surface area (Å²) in [4.78, 5) is 0.258. The average Bonchev–Trinajstić information content (AvgIpc) is 2.04. The Bertz CT molecular complexity index is 327. The quantitative estimate of drug-likeness (QED) is 0.787. The minimum atomic E-state index is 0.258. The second kappa shape index (κ2) is 4.44. The van der Waals surface area contributed by atoms with Gasteiger partial charge in [-0.3, -0.25) is 0 Å². The van der Waals surface area contributed by atoms with Crippen LogP contribution in [0.2, 0.25) is 5.02 Å². The fourth-order valence-electron chi connectivity index (χ4n) is 1.02. The highest BCUT2D eigenvalue weighted by Gasteiger charge is 2.09. The van der Waals surface area contributed by atoms with Gasteiger partial charge in [-0.2, -0.15) is 0 Å². The molecule has 0 saturated carbocycles. The first-order valence-corrected chi connectivity index (χ1v) is 4.66. The first-order chi connectivity index (χ1) is 6.16. The zero-order valence-corrected chi connectivity index (χ0v) is 8.78. The van der Waals surface area contributed by atoms with Crippen molar-refractivity contribution in [2.45, 2.75) is 6.92 Å². The molecule has 13 heavy (non-hydrogen) atoms. The maximum absolute atomic E-state index is 5.91. The SMILES string of the molecule is CCOc1cccc(Cl)c1C(N)=S. The number of hydrogen-bond donors (Lipinski definition) is 1. The number of halogens is 1. The zero-order chi connectivity index (χ0) is 9.84. The Hall–Kier alpha value is -0.800. The third-order valence-corrected chi connectivity index (χ3v) is 2.04. The molecule has 0 heterocycles. The van der Waals surface area contributed by atoms with E-state index in [0.717, 1.165) is 0 Å². The summed E-state index contributed by atoms with van der Waals surface area (Å²) in [6.45, 7) is 2.46. The van der Waals surface area contributed by atoms with Crippen LogP contribution in [0.5, 0.6) is 5.75 Å². The van der Waals surface area contributed by atoms with E-state index < -0.39 is 0 Å². The van der Waals surface area contributed by atoms with E-state index in [4.69, 9.17) is 34.3 Å². The van der Waals surface area contributed by atoms with Gasteiger partial charge < -0.3 is 10.5 Å². The van der Waals surface area contributed by atoms with E-state index in [1.54, 1.807) is 18.2 Å². The summed E-state index contributed by atoms with van der Waals surface area (Å²) in [5, 5.41) is 0.526. The van der Waals surface area contributed by atoms with Gasteiger partial charge in [0.15, 0.2) is 0 Å². The molecule has 0 radical (unpaired) electrons. The van der Waals surface area contributed by atoms with Gasteiger partial charge in [-0.1, -0.05) is 29.9 Å². The molecule has 0 aliphatic rings. The first-order valence-electron chi connectivity index (χ1n) is 3.88. The summed E-state index contributed by atoms with van der Waals surface area (Å²) < 4.78 is 5.33. The molecule has 0 spiro atoms. The van der Waals surface area contributed by atoms with Crippen LogP contribution in [0.1, 0.15) is 12.5 Å². The van der Waals surface area contributed by atoms with Crippen LogP contribution in [0.3, 0.4) is 0 Å². The van der Waals surface area contributed by atoms with Gasteiger partial charge in [0.25, 0.3) is 0 Å². The van der Waals surface area contributed by atoms with Crippen molar-refractivity contribution < 1.29 is 4.74 Å². The number of nitrogens with two attached hydrogens (primary N) is 1. The Kier molecular flexibility index (Phi) is 3.51. The molecule has 2 N–H and O–H groups in total. The predicted molar refractivity (Wildman–Crippen MR) is 58.5 cm³/mol. The molecule has 0 fully saturated rings. The summed E-state index contributed by atoms with van der Waals surface area (Å²) in [7, 11) is 0. The Balaban J connectivity index is 3.17. The van der Waals surface area contributed by atoms with Crippen molar-refractivity contribution in [1.82, 2.24) is 0 Å². The van der Waals surface area contributed by atoms with Gasteiger partial charge in [0.1, 0.15) is 10.7 Å². The van der Waals surface area contributed by atoms with Gasteiger partial charge in [-0.25, -0.2) is 0 Å². The van der Waals surface area contributed by atoms with Crippen LogP contribution in [0.25, 0.3) is 0 Å². The van der Waals surface area contributed by atoms with Crippen molar-refractivity contribution in [3.05, 3.63) is 28.8 Å². The Morgan fingerprint density at radius 1 is 1.62 bits per heavy atom. The van der Waals surface area contributed by atoms with Crippen LogP contribution in [-0.4, -0.2) is 11.6 Å². The maximum atomic E-state index is 5.91. The van der Waals surface area contributed by atoms with Crippen molar-refractivity contribution in [1.29, 1.82) is 0 Å². The summed E-state index contributed by atoms with van der Waals surface area (Å²) in [5.41, 5.74) is 6.12. The number of rotatable bonds is 3. The van der Waals surface area contributed by atoms with Crippen LogP contribution in [0.4, 0.5) is 0 Å². The highest BCUT2D eigenvalue weighted by Crippen LogP contribution is 2.26. The van der Waals surface area contributed by atoms with E-state index in [9.17, 15) is 0 Å². The molecule has 4 heteroatoms. The highest BCUT2D eigenvalue weighted by molar-refractivity contribution is 7.80. The normalized spacial score (nSPS) is 9.69. The average molecular weight is 216 g/mol. The van der Waals surface area contributed by atoms with E-state index >= 15 is 0 Å². The van der Waals surface area contributed by atoms with E-state index in [2.05, 4.69) is 0 Å². The van der Waals surface area contributed by atoms with Crippen molar-refractivity contribution in [2.75, 3.05) is 6.61 Å². The van der Waals surface area contributed by atoms with Crippen molar-refractivity contribution in [2.24, 2.45) is 5.73 Å². The molecule has 2 nitrogen and oxygen atoms in total. The van der Waals surface area contributed by atoms with E-state index in [1.165, 1.54) is 0 Å². The Labute approximate surface area is 87.6 Å². The Morgan fingerprint density at radius 2 is 2.31 bits per heavy atom. The second-order valence-corrected chi connectivity index (χ2v) is 3.26. The van der Waals surface area contributed by atoms with Gasteiger partial charge in [-0.05, 0) is 19.1 Å². The topological polar surface area (TPSA) is 35.2 Å². The van der Waals surface area contributed by atoms with Crippen molar-refractivity contribution in [3.63, 3.8) is 0 Å². The standard InChI is InChI=1S/C9H10ClNOS/c1-2-12-7-5-3-4-6(10)8(7)9(11)13/h3-5H,2H2,1H3,(H2,11,13). The van der Waals surface area contributed by atoms with Gasteiger partial charge in [0.05, 0.1) is 17.2 Å². The number of benzene rings is 1. The summed E-state index contributed by atoms with van der Waals surface area (Å²) in [6.07, 6.45) is 0. The molecule has 0 aromatic heterocycles. The van der Waals surface area contributed by atoms with Crippen molar-refractivity contribution >= 4 is 28.8 Å². The summed E-state index contributed by atoms with van der Waals surface area (Å²) in [5.74, 6) is 0.641. The van der Waals surface area contributed by atoms with Gasteiger partial charge in [0, 0.05) is 0 Å². The van der Waals surface area contributed by atoms with E-state index in [1.807, 2.05) is 6.92 Å². The molecule has 0 bridgehead atoms. The summed E-state index contributed by atoms with van der Waals surface area (Å²) >= 11 is 10.8. The van der Waals surface area contributed by atoms with Crippen LogP contribution in [-0.2, 0) is 0 Å². The highest BCUT2D eigenvalue weighted by atomic mass is 35.5. The lowest BCUT2D eigenvalue weighted by Crippen LogP contribution is -2.12. The molecule has 0 unspecified atom stereocenters. The smallest absolute Gasteiger partial charge is 0.130 e. The number of ether oxygens (including phenoxy) is 1. The minimum absolute atomic E-state index is 0.258. The largest absolute Gasteiger partial charge is 0.493 e. The van der Waals surface area contributed by atoms with Crippen LogP contribution in [0.15, 0.2) is 18.2 Å². The van der Waals surface area contributed by atoms with Gasteiger partial charge in [0.2, 0.25) is 0 Å². The number of thiocarbonyl (C=S) groups is 1. The van der Waals surface area contributed by atoms with Crippen molar-refractivity contribution in [3.8, 4) is 5.75 Å². The lowest BCUT2D eigenvalue weighted by molar-refractivity contribution is 0.339. The lowest BCUT2D eigenvalue weighted by Gasteiger charge is -2.09. The summed E-state index contributed by atoms with van der Waals surface area (Å²) in [6, 6.07) is 5.33. The monoisotopic (exact) mass is 215 g/mol. The molecule has 1 aromatic rings. The molecular weight excluding hydrogens is 206 g/mol. The van der Waals surface area contributed by atoms with Crippen LogP contribution < -0.4 is 10.5 Å². The molecule has 0 saturated heterocycles. The van der Waals surface area contributed by atoms with Crippen LogP contribution in [0, 0.1) is 0 Å². The second-order valence-electron chi connectivity index (χ2n) is 2.41. The molecule has 0 aliphatic heterocycles. The molecule has 70 valence electrons. The molecule has 0 amide bonds. The lowest BCUT2D eigenvalue weighted by atomic mass is 10.2.